The molecule has 0 saturated carbocycles. The molecule has 3 nitrogen and oxygen atoms in total. The van der Waals surface area contributed by atoms with Gasteiger partial charge in [-0.25, -0.2) is 4.39 Å². The van der Waals surface area contributed by atoms with Crippen molar-refractivity contribution < 1.29 is 4.39 Å². The molecule has 0 bridgehead atoms. The van der Waals surface area contributed by atoms with Crippen LogP contribution in [0.15, 0.2) is 71.9 Å². The maximum Gasteiger partial charge on any atom is 0.196 e. The maximum atomic E-state index is 14.2. The number of aryl methyl sites for hydroxylation is 2. The van der Waals surface area contributed by atoms with Gasteiger partial charge in [0.05, 0.1) is 5.69 Å². The number of aromatic nitrogens is 3. The molecule has 3 aromatic carbocycles. The first kappa shape index (κ1) is 19.7. The SMILES string of the molecule is Cc1cccc(-c2nnc(SCc3c(F)cccc3Cl)n2-c2ccccc2C)c1. The summed E-state index contributed by atoms with van der Waals surface area (Å²) in [4.78, 5) is 0. The molecule has 4 aromatic rings. The summed E-state index contributed by atoms with van der Waals surface area (Å²) in [6, 6.07) is 21.0. The highest BCUT2D eigenvalue weighted by Crippen LogP contribution is 2.33. The van der Waals surface area contributed by atoms with Crippen LogP contribution in [-0.4, -0.2) is 14.8 Å². The van der Waals surface area contributed by atoms with E-state index < -0.39 is 0 Å². The molecule has 0 amide bonds. The molecule has 0 saturated heterocycles. The molecule has 4 rings (SSSR count). The lowest BCUT2D eigenvalue weighted by Gasteiger charge is -2.13. The highest BCUT2D eigenvalue weighted by atomic mass is 35.5. The van der Waals surface area contributed by atoms with Crippen molar-refractivity contribution in [1.29, 1.82) is 0 Å². The van der Waals surface area contributed by atoms with Crippen molar-refractivity contribution in [2.24, 2.45) is 0 Å². The number of benzene rings is 3. The molecule has 0 aliphatic rings. The van der Waals surface area contributed by atoms with E-state index in [-0.39, 0.29) is 5.82 Å². The fraction of sp³-hybridized carbons (Fsp3) is 0.130. The average molecular weight is 424 g/mol. The summed E-state index contributed by atoms with van der Waals surface area (Å²) >= 11 is 7.62. The van der Waals surface area contributed by atoms with Gasteiger partial charge in [-0.1, -0.05) is 71.4 Å². The number of para-hydroxylation sites is 1. The van der Waals surface area contributed by atoms with Crippen molar-refractivity contribution in [1.82, 2.24) is 14.8 Å². The molecule has 1 heterocycles. The molecular weight excluding hydrogens is 405 g/mol. The molecule has 0 spiro atoms. The van der Waals surface area contributed by atoms with Gasteiger partial charge in [0.15, 0.2) is 11.0 Å². The zero-order chi connectivity index (χ0) is 20.4. The van der Waals surface area contributed by atoms with E-state index in [4.69, 9.17) is 11.6 Å². The van der Waals surface area contributed by atoms with E-state index in [9.17, 15) is 4.39 Å². The number of rotatable bonds is 5. The summed E-state index contributed by atoms with van der Waals surface area (Å²) in [6.07, 6.45) is 0. The fourth-order valence-corrected chi connectivity index (χ4v) is 4.46. The van der Waals surface area contributed by atoms with Crippen molar-refractivity contribution in [3.05, 3.63) is 94.3 Å². The van der Waals surface area contributed by atoms with Crippen LogP contribution >= 0.6 is 23.4 Å². The molecule has 146 valence electrons. The Morgan fingerprint density at radius 1 is 0.966 bits per heavy atom. The lowest BCUT2D eigenvalue weighted by molar-refractivity contribution is 0.617. The summed E-state index contributed by atoms with van der Waals surface area (Å²) in [5.41, 5.74) is 4.70. The molecule has 0 radical (unpaired) electrons. The van der Waals surface area contributed by atoms with Crippen LogP contribution in [0, 0.1) is 19.7 Å². The van der Waals surface area contributed by atoms with E-state index in [1.54, 1.807) is 12.1 Å². The summed E-state index contributed by atoms with van der Waals surface area (Å²) in [5.74, 6) is 0.805. The zero-order valence-corrected chi connectivity index (χ0v) is 17.6. The van der Waals surface area contributed by atoms with Crippen molar-refractivity contribution in [2.45, 2.75) is 24.8 Å². The van der Waals surface area contributed by atoms with E-state index in [0.29, 0.717) is 21.5 Å². The third-order valence-corrected chi connectivity index (χ3v) is 5.98. The van der Waals surface area contributed by atoms with E-state index in [0.717, 1.165) is 28.2 Å². The van der Waals surface area contributed by atoms with Crippen molar-refractivity contribution in [3.8, 4) is 17.1 Å². The Kier molecular flexibility index (Phi) is 5.69. The van der Waals surface area contributed by atoms with Crippen LogP contribution in [0.3, 0.4) is 0 Å². The molecule has 29 heavy (non-hydrogen) atoms. The van der Waals surface area contributed by atoms with Gasteiger partial charge in [-0.15, -0.1) is 10.2 Å². The first-order valence-electron chi connectivity index (χ1n) is 9.19. The molecule has 0 atom stereocenters. The Hall–Kier alpha value is -2.63. The van der Waals surface area contributed by atoms with Crippen LogP contribution in [0.5, 0.6) is 0 Å². The third kappa shape index (κ3) is 4.07. The minimum atomic E-state index is -0.314. The second kappa shape index (κ2) is 8.39. The predicted octanol–water partition coefficient (Wildman–Crippen LogP) is 6.64. The molecule has 0 N–H and O–H groups in total. The smallest absolute Gasteiger partial charge is 0.196 e. The molecule has 0 unspecified atom stereocenters. The summed E-state index contributed by atoms with van der Waals surface area (Å²) in [7, 11) is 0. The fourth-order valence-electron chi connectivity index (χ4n) is 3.17. The zero-order valence-electron chi connectivity index (χ0n) is 16.1. The van der Waals surface area contributed by atoms with Gasteiger partial charge >= 0.3 is 0 Å². The second-order valence-electron chi connectivity index (χ2n) is 6.79. The van der Waals surface area contributed by atoms with Crippen molar-refractivity contribution >= 4 is 23.4 Å². The summed E-state index contributed by atoms with van der Waals surface area (Å²) in [6.45, 7) is 4.10. The first-order chi connectivity index (χ1) is 14.0. The average Bonchev–Trinajstić information content (AvgIpc) is 3.12. The van der Waals surface area contributed by atoms with Crippen LogP contribution in [-0.2, 0) is 5.75 Å². The maximum absolute atomic E-state index is 14.2. The van der Waals surface area contributed by atoms with E-state index >= 15 is 0 Å². The Morgan fingerprint density at radius 3 is 2.52 bits per heavy atom. The summed E-state index contributed by atoms with van der Waals surface area (Å²) < 4.78 is 16.2. The van der Waals surface area contributed by atoms with Crippen LogP contribution in [0.1, 0.15) is 16.7 Å². The largest absolute Gasteiger partial charge is 0.270 e. The van der Waals surface area contributed by atoms with Crippen LogP contribution in [0.25, 0.3) is 17.1 Å². The number of hydrogen-bond acceptors (Lipinski definition) is 3. The normalized spacial score (nSPS) is 11.0. The lowest BCUT2D eigenvalue weighted by atomic mass is 10.1. The van der Waals surface area contributed by atoms with Crippen LogP contribution < -0.4 is 0 Å². The highest BCUT2D eigenvalue weighted by molar-refractivity contribution is 7.98. The highest BCUT2D eigenvalue weighted by Gasteiger charge is 2.18. The Balaban J connectivity index is 1.79. The molecule has 6 heteroatoms. The Morgan fingerprint density at radius 2 is 1.76 bits per heavy atom. The van der Waals surface area contributed by atoms with Gasteiger partial charge in [-0.2, -0.15) is 0 Å². The van der Waals surface area contributed by atoms with Gasteiger partial charge in [0.1, 0.15) is 5.82 Å². The van der Waals surface area contributed by atoms with Gasteiger partial charge in [-0.3, -0.25) is 4.57 Å². The van der Waals surface area contributed by atoms with Gasteiger partial charge in [-0.05, 0) is 43.7 Å². The second-order valence-corrected chi connectivity index (χ2v) is 8.14. The Bertz CT molecular complexity index is 1150. The molecule has 1 aromatic heterocycles. The van der Waals surface area contributed by atoms with Crippen molar-refractivity contribution in [3.63, 3.8) is 0 Å². The minimum Gasteiger partial charge on any atom is -0.270 e. The molecule has 0 fully saturated rings. The van der Waals surface area contributed by atoms with Gasteiger partial charge in [0, 0.05) is 21.9 Å². The number of halogens is 2. The van der Waals surface area contributed by atoms with Gasteiger partial charge < -0.3 is 0 Å². The molecular formula is C23H19ClFN3S. The van der Waals surface area contributed by atoms with E-state index in [2.05, 4.69) is 29.3 Å². The third-order valence-electron chi connectivity index (χ3n) is 4.67. The number of thioether (sulfide) groups is 1. The Labute approximate surface area is 178 Å². The lowest BCUT2D eigenvalue weighted by Crippen LogP contribution is -2.02. The number of hydrogen-bond donors (Lipinski definition) is 0. The van der Waals surface area contributed by atoms with Crippen LogP contribution in [0.4, 0.5) is 4.39 Å². The monoisotopic (exact) mass is 423 g/mol. The standard InChI is InChI=1S/C23H19ClFN3S/c1-15-7-5-9-17(13-15)22-26-27-23(28(22)21-12-4-3-8-16(21)2)29-14-18-19(24)10-6-11-20(18)25/h3-13H,14H2,1-2H3. The predicted molar refractivity (Wildman–Crippen MR) is 117 cm³/mol. The quantitative estimate of drug-likeness (QED) is 0.337. The van der Waals surface area contributed by atoms with Gasteiger partial charge in [0.25, 0.3) is 0 Å². The summed E-state index contributed by atoms with van der Waals surface area (Å²) in [5, 5.41) is 10.00. The van der Waals surface area contributed by atoms with Crippen molar-refractivity contribution in [2.75, 3.05) is 0 Å². The molecule has 0 aliphatic heterocycles. The van der Waals surface area contributed by atoms with E-state index in [1.165, 1.54) is 17.8 Å². The number of nitrogens with zero attached hydrogens (tertiary/aromatic N) is 3. The van der Waals surface area contributed by atoms with E-state index in [1.807, 2.05) is 47.9 Å². The van der Waals surface area contributed by atoms with Crippen LogP contribution in [0.2, 0.25) is 5.02 Å². The minimum absolute atomic E-state index is 0.314. The molecule has 0 aliphatic carbocycles. The first-order valence-corrected chi connectivity index (χ1v) is 10.5. The van der Waals surface area contributed by atoms with Gasteiger partial charge in [0.2, 0.25) is 0 Å². The topological polar surface area (TPSA) is 30.7 Å².